The Bertz CT molecular complexity index is 416. The van der Waals surface area contributed by atoms with Crippen molar-refractivity contribution in [2.45, 2.75) is 19.4 Å². The van der Waals surface area contributed by atoms with E-state index in [1.54, 1.807) is 0 Å². The molecule has 0 aromatic carbocycles. The Morgan fingerprint density at radius 2 is 1.88 bits per heavy atom. The number of hydrogen-bond donors (Lipinski definition) is 2. The maximum atomic E-state index is 11.6. The number of nitrogens with zero attached hydrogens (tertiary/aromatic N) is 2. The molecule has 6 nitrogen and oxygen atoms in total. The number of halogens is 1. The summed E-state index contributed by atoms with van der Waals surface area (Å²) >= 11 is 3.15. The topological polar surface area (TPSA) is 98.0 Å². The van der Waals surface area contributed by atoms with Crippen LogP contribution >= 0.6 is 15.9 Å². The van der Waals surface area contributed by atoms with Crippen LogP contribution in [0.15, 0.2) is 16.9 Å². The van der Waals surface area contributed by atoms with Gasteiger partial charge in [-0.25, -0.2) is 9.97 Å². The van der Waals surface area contributed by atoms with Crippen molar-refractivity contribution >= 4 is 27.7 Å². The first-order valence-electron chi connectivity index (χ1n) is 4.43. The molecule has 86 valence electrons. The van der Waals surface area contributed by atoms with E-state index in [0.717, 1.165) is 0 Å². The molecule has 0 unspecified atom stereocenters. The summed E-state index contributed by atoms with van der Waals surface area (Å²) in [6, 6.07) is 0. The van der Waals surface area contributed by atoms with Crippen LogP contribution in [0.5, 0.6) is 0 Å². The highest BCUT2D eigenvalue weighted by Crippen LogP contribution is 2.06. The van der Waals surface area contributed by atoms with E-state index in [-0.39, 0.29) is 5.82 Å². The summed E-state index contributed by atoms with van der Waals surface area (Å²) in [5.41, 5.74) is 3.99. The Morgan fingerprint density at radius 3 is 2.31 bits per heavy atom. The van der Waals surface area contributed by atoms with Gasteiger partial charge < -0.3 is 11.1 Å². The molecule has 2 amide bonds. The summed E-state index contributed by atoms with van der Waals surface area (Å²) in [5.74, 6) is -1.19. The summed E-state index contributed by atoms with van der Waals surface area (Å²) in [7, 11) is 0. The van der Waals surface area contributed by atoms with Crippen LogP contribution < -0.4 is 11.1 Å². The number of nitrogens with two attached hydrogens (primary N) is 1. The first kappa shape index (κ1) is 12.6. The lowest BCUT2D eigenvalue weighted by Gasteiger charge is -2.21. The van der Waals surface area contributed by atoms with Crippen LogP contribution in [-0.4, -0.2) is 27.3 Å². The van der Waals surface area contributed by atoms with E-state index in [0.29, 0.717) is 4.47 Å². The zero-order chi connectivity index (χ0) is 12.3. The Hall–Kier alpha value is -1.50. The zero-order valence-corrected chi connectivity index (χ0v) is 10.4. The van der Waals surface area contributed by atoms with Crippen molar-refractivity contribution in [3.63, 3.8) is 0 Å². The van der Waals surface area contributed by atoms with Crippen LogP contribution in [0.4, 0.5) is 0 Å². The minimum absolute atomic E-state index is 0.0162. The van der Waals surface area contributed by atoms with Crippen molar-refractivity contribution in [3.05, 3.63) is 22.7 Å². The lowest BCUT2D eigenvalue weighted by atomic mass is 10.1. The molecule has 1 aromatic rings. The van der Waals surface area contributed by atoms with Gasteiger partial charge in [-0.3, -0.25) is 9.59 Å². The summed E-state index contributed by atoms with van der Waals surface area (Å²) in [6.07, 6.45) is 2.89. The van der Waals surface area contributed by atoms with Crippen LogP contribution in [0.25, 0.3) is 0 Å². The maximum absolute atomic E-state index is 11.6. The highest BCUT2D eigenvalue weighted by Gasteiger charge is 2.28. The second-order valence-corrected chi connectivity index (χ2v) is 4.58. The first-order chi connectivity index (χ1) is 7.33. The van der Waals surface area contributed by atoms with Crippen molar-refractivity contribution < 1.29 is 9.59 Å². The Kier molecular flexibility index (Phi) is 3.58. The van der Waals surface area contributed by atoms with Crippen LogP contribution in [0.3, 0.4) is 0 Å². The largest absolute Gasteiger partial charge is 0.368 e. The third-order valence-corrected chi connectivity index (χ3v) is 2.27. The maximum Gasteiger partial charge on any atom is 0.289 e. The minimum Gasteiger partial charge on any atom is -0.368 e. The van der Waals surface area contributed by atoms with E-state index < -0.39 is 17.4 Å². The van der Waals surface area contributed by atoms with Crippen LogP contribution in [0.2, 0.25) is 0 Å². The summed E-state index contributed by atoms with van der Waals surface area (Å²) in [6.45, 7) is 3.01. The van der Waals surface area contributed by atoms with Gasteiger partial charge in [0.25, 0.3) is 5.91 Å². The van der Waals surface area contributed by atoms with Gasteiger partial charge in [-0.05, 0) is 29.8 Å². The number of primary amides is 1. The van der Waals surface area contributed by atoms with E-state index in [1.165, 1.54) is 26.2 Å². The normalized spacial score (nSPS) is 10.9. The fourth-order valence-electron chi connectivity index (χ4n) is 0.831. The van der Waals surface area contributed by atoms with Crippen molar-refractivity contribution in [2.75, 3.05) is 0 Å². The SMILES string of the molecule is CC(C)(NC(=O)c1ncc(Br)cn1)C(N)=O. The minimum atomic E-state index is -1.13. The molecule has 0 bridgehead atoms. The molecule has 3 N–H and O–H groups in total. The van der Waals surface area contributed by atoms with Crippen LogP contribution in [0, 0.1) is 0 Å². The molecule has 0 aliphatic heterocycles. The molecular formula is C9H11BrN4O2. The summed E-state index contributed by atoms with van der Waals surface area (Å²) in [4.78, 5) is 30.2. The van der Waals surface area contributed by atoms with E-state index >= 15 is 0 Å². The van der Waals surface area contributed by atoms with Crippen molar-refractivity contribution in [2.24, 2.45) is 5.73 Å². The monoisotopic (exact) mass is 286 g/mol. The van der Waals surface area contributed by atoms with Gasteiger partial charge in [0.05, 0.1) is 4.47 Å². The van der Waals surface area contributed by atoms with Crippen LogP contribution in [-0.2, 0) is 4.79 Å². The molecular weight excluding hydrogens is 276 g/mol. The van der Waals surface area contributed by atoms with Crippen molar-refractivity contribution in [1.29, 1.82) is 0 Å². The van der Waals surface area contributed by atoms with Gasteiger partial charge in [-0.2, -0.15) is 0 Å². The second-order valence-electron chi connectivity index (χ2n) is 3.67. The van der Waals surface area contributed by atoms with E-state index in [2.05, 4.69) is 31.2 Å². The third-order valence-electron chi connectivity index (χ3n) is 1.87. The average Bonchev–Trinajstić information content (AvgIpc) is 2.17. The highest BCUT2D eigenvalue weighted by molar-refractivity contribution is 9.10. The summed E-state index contributed by atoms with van der Waals surface area (Å²) in [5, 5.41) is 2.44. The molecule has 0 saturated heterocycles. The number of rotatable bonds is 3. The Labute approximate surface area is 101 Å². The number of nitrogens with one attached hydrogen (secondary N) is 1. The van der Waals surface area contributed by atoms with Crippen molar-refractivity contribution in [1.82, 2.24) is 15.3 Å². The predicted molar refractivity (Wildman–Crippen MR) is 60.5 cm³/mol. The molecule has 0 atom stereocenters. The van der Waals surface area contributed by atoms with Crippen LogP contribution in [0.1, 0.15) is 24.5 Å². The highest BCUT2D eigenvalue weighted by atomic mass is 79.9. The molecule has 0 aliphatic carbocycles. The van der Waals surface area contributed by atoms with Gasteiger partial charge in [-0.15, -0.1) is 0 Å². The Morgan fingerprint density at radius 1 is 1.38 bits per heavy atom. The number of carbonyl (C=O) groups is 2. The zero-order valence-electron chi connectivity index (χ0n) is 8.82. The van der Waals surface area contributed by atoms with E-state index in [4.69, 9.17) is 5.73 Å². The molecule has 1 heterocycles. The van der Waals surface area contributed by atoms with Gasteiger partial charge in [0.15, 0.2) is 0 Å². The Balaban J connectivity index is 2.81. The van der Waals surface area contributed by atoms with Gasteiger partial charge in [0.2, 0.25) is 11.7 Å². The molecule has 7 heteroatoms. The fourth-order valence-corrected chi connectivity index (χ4v) is 1.04. The van der Waals surface area contributed by atoms with Gasteiger partial charge in [0, 0.05) is 12.4 Å². The number of aromatic nitrogens is 2. The third kappa shape index (κ3) is 2.99. The molecule has 0 aliphatic rings. The first-order valence-corrected chi connectivity index (χ1v) is 5.22. The average molecular weight is 287 g/mol. The standard InChI is InChI=1S/C9H11BrN4O2/c1-9(2,8(11)16)14-7(15)6-12-3-5(10)4-13-6/h3-4H,1-2H3,(H2,11,16)(H,14,15). The molecule has 0 fully saturated rings. The molecule has 0 saturated carbocycles. The lowest BCUT2D eigenvalue weighted by molar-refractivity contribution is -0.122. The van der Waals surface area contributed by atoms with Gasteiger partial charge >= 0.3 is 0 Å². The molecule has 1 rings (SSSR count). The molecule has 1 aromatic heterocycles. The van der Waals surface area contributed by atoms with Gasteiger partial charge in [0.1, 0.15) is 5.54 Å². The lowest BCUT2D eigenvalue weighted by Crippen LogP contribution is -2.53. The quantitative estimate of drug-likeness (QED) is 0.831. The van der Waals surface area contributed by atoms with Gasteiger partial charge in [-0.1, -0.05) is 0 Å². The second kappa shape index (κ2) is 4.56. The smallest absolute Gasteiger partial charge is 0.289 e. The predicted octanol–water partition coefficient (Wildman–Crippen LogP) is 0.233. The van der Waals surface area contributed by atoms with E-state index in [1.807, 2.05) is 0 Å². The number of carbonyl (C=O) groups excluding carboxylic acids is 2. The summed E-state index contributed by atoms with van der Waals surface area (Å²) < 4.78 is 0.665. The fraction of sp³-hybridized carbons (Fsp3) is 0.333. The molecule has 16 heavy (non-hydrogen) atoms. The number of amides is 2. The van der Waals surface area contributed by atoms with Crippen molar-refractivity contribution in [3.8, 4) is 0 Å². The number of hydrogen-bond acceptors (Lipinski definition) is 4. The molecule has 0 radical (unpaired) electrons. The van der Waals surface area contributed by atoms with E-state index in [9.17, 15) is 9.59 Å². The molecule has 0 spiro atoms.